The number of hydrogen-bond acceptors (Lipinski definition) is 5. The number of fused-ring (bicyclic) bond motifs is 1. The number of oxazole rings is 1. The molecule has 0 fully saturated rings. The minimum Gasteiger partial charge on any atom is -0.408 e. The first-order chi connectivity index (χ1) is 7.99. The van der Waals surface area contributed by atoms with Crippen molar-refractivity contribution in [1.29, 1.82) is 0 Å². The number of nitro benzene ring substituents is 1. The van der Waals surface area contributed by atoms with Crippen LogP contribution in [0.15, 0.2) is 27.4 Å². The van der Waals surface area contributed by atoms with Crippen molar-refractivity contribution in [3.8, 4) is 0 Å². The summed E-state index contributed by atoms with van der Waals surface area (Å²) in [5, 5.41) is 19.9. The van der Waals surface area contributed by atoms with E-state index in [1.807, 2.05) is 0 Å². The van der Waals surface area contributed by atoms with Crippen LogP contribution in [0.2, 0.25) is 0 Å². The van der Waals surface area contributed by atoms with Crippen molar-refractivity contribution >= 4 is 16.8 Å². The molecule has 90 valence electrons. The Morgan fingerprint density at radius 2 is 2.29 bits per heavy atom. The molecule has 1 atom stereocenters. The summed E-state index contributed by atoms with van der Waals surface area (Å²) < 4.78 is 6.08. The van der Waals surface area contributed by atoms with Crippen molar-refractivity contribution in [3.05, 3.63) is 38.9 Å². The summed E-state index contributed by atoms with van der Waals surface area (Å²) in [6, 6.07) is 3.88. The minimum absolute atomic E-state index is 0.0347. The maximum atomic E-state index is 11.5. The van der Waals surface area contributed by atoms with Crippen LogP contribution in [-0.4, -0.2) is 20.7 Å². The third-order valence-electron chi connectivity index (χ3n) is 2.31. The molecule has 0 aliphatic carbocycles. The smallest absolute Gasteiger partial charge is 0.408 e. The van der Waals surface area contributed by atoms with E-state index in [4.69, 9.17) is 4.42 Å². The Labute approximate surface area is 95.0 Å². The van der Waals surface area contributed by atoms with Gasteiger partial charge in [-0.3, -0.25) is 14.7 Å². The molecule has 0 amide bonds. The van der Waals surface area contributed by atoms with E-state index >= 15 is 0 Å². The van der Waals surface area contributed by atoms with Gasteiger partial charge < -0.3 is 9.52 Å². The lowest BCUT2D eigenvalue weighted by Gasteiger charge is -2.03. The van der Waals surface area contributed by atoms with Gasteiger partial charge in [-0.1, -0.05) is 0 Å². The molecule has 0 bridgehead atoms. The largest absolute Gasteiger partial charge is 0.420 e. The summed E-state index contributed by atoms with van der Waals surface area (Å²) >= 11 is 0. The van der Waals surface area contributed by atoms with Gasteiger partial charge >= 0.3 is 5.76 Å². The number of aliphatic hydroxyl groups excluding tert-OH is 1. The van der Waals surface area contributed by atoms with Crippen molar-refractivity contribution in [1.82, 2.24) is 4.57 Å². The van der Waals surface area contributed by atoms with Crippen molar-refractivity contribution in [2.75, 3.05) is 0 Å². The number of aromatic nitrogens is 1. The molecule has 2 aromatic rings. The maximum Gasteiger partial charge on any atom is 0.420 e. The molecule has 17 heavy (non-hydrogen) atoms. The molecule has 0 radical (unpaired) electrons. The van der Waals surface area contributed by atoms with E-state index in [-0.39, 0.29) is 17.8 Å². The fourth-order valence-corrected chi connectivity index (χ4v) is 1.60. The highest BCUT2D eigenvalue weighted by molar-refractivity contribution is 5.75. The molecule has 1 aromatic carbocycles. The third-order valence-corrected chi connectivity index (χ3v) is 2.31. The average Bonchev–Trinajstić information content (AvgIpc) is 2.54. The van der Waals surface area contributed by atoms with Crippen molar-refractivity contribution in [3.63, 3.8) is 0 Å². The molecule has 1 heterocycles. The van der Waals surface area contributed by atoms with Crippen molar-refractivity contribution < 1.29 is 14.4 Å². The number of hydrogen-bond donors (Lipinski definition) is 1. The summed E-state index contributed by atoms with van der Waals surface area (Å²) in [6.45, 7) is 1.55. The van der Waals surface area contributed by atoms with Crippen LogP contribution in [0.25, 0.3) is 11.1 Å². The van der Waals surface area contributed by atoms with Crippen LogP contribution >= 0.6 is 0 Å². The van der Waals surface area contributed by atoms with Gasteiger partial charge in [0.15, 0.2) is 5.58 Å². The molecule has 0 saturated heterocycles. The van der Waals surface area contributed by atoms with Gasteiger partial charge in [-0.2, -0.15) is 0 Å². The Bertz CT molecular complexity index is 625. The van der Waals surface area contributed by atoms with Crippen LogP contribution in [0.5, 0.6) is 0 Å². The molecule has 2 rings (SSSR count). The van der Waals surface area contributed by atoms with Gasteiger partial charge in [0.1, 0.15) is 0 Å². The number of benzene rings is 1. The monoisotopic (exact) mass is 238 g/mol. The van der Waals surface area contributed by atoms with Gasteiger partial charge in [0.25, 0.3) is 5.69 Å². The quantitative estimate of drug-likeness (QED) is 0.632. The molecule has 0 aliphatic rings. The van der Waals surface area contributed by atoms with Crippen molar-refractivity contribution in [2.24, 2.45) is 0 Å². The topological polar surface area (TPSA) is 98.5 Å². The molecule has 7 heteroatoms. The van der Waals surface area contributed by atoms with E-state index in [1.54, 1.807) is 0 Å². The zero-order chi connectivity index (χ0) is 12.6. The SMILES string of the molecule is C[C@H](O)Cn1c(=O)oc2ccc([N+](=O)[O-])cc21. The lowest BCUT2D eigenvalue weighted by Crippen LogP contribution is -2.21. The Kier molecular flexibility index (Phi) is 2.68. The molecular weight excluding hydrogens is 228 g/mol. The van der Waals surface area contributed by atoms with Crippen molar-refractivity contribution in [2.45, 2.75) is 19.6 Å². The standard InChI is InChI=1S/C10H10N2O5/c1-6(13)5-11-8-4-7(12(15)16)2-3-9(8)17-10(11)14/h2-4,6,13H,5H2,1H3/t6-/m0/s1. The van der Waals surface area contributed by atoms with Crippen LogP contribution < -0.4 is 5.76 Å². The molecule has 1 N–H and O–H groups in total. The van der Waals surface area contributed by atoms with E-state index in [2.05, 4.69) is 0 Å². The first-order valence-corrected chi connectivity index (χ1v) is 4.95. The molecule has 0 spiro atoms. The van der Waals surface area contributed by atoms with E-state index in [0.717, 1.165) is 0 Å². The van der Waals surface area contributed by atoms with Gasteiger partial charge in [-0.15, -0.1) is 0 Å². The lowest BCUT2D eigenvalue weighted by atomic mass is 10.3. The summed E-state index contributed by atoms with van der Waals surface area (Å²) in [7, 11) is 0. The first-order valence-electron chi connectivity index (χ1n) is 4.95. The summed E-state index contributed by atoms with van der Waals surface area (Å²) in [5.41, 5.74) is 0.448. The first kappa shape index (κ1) is 11.3. The highest BCUT2D eigenvalue weighted by Gasteiger charge is 2.15. The second-order valence-electron chi connectivity index (χ2n) is 3.74. The van der Waals surface area contributed by atoms with Crippen LogP contribution in [0.1, 0.15) is 6.92 Å². The second kappa shape index (κ2) is 4.02. The van der Waals surface area contributed by atoms with E-state index in [0.29, 0.717) is 5.52 Å². The van der Waals surface area contributed by atoms with Crippen LogP contribution in [0, 0.1) is 10.1 Å². The molecule has 0 unspecified atom stereocenters. The number of nitro groups is 1. The van der Waals surface area contributed by atoms with Gasteiger partial charge in [0, 0.05) is 12.1 Å². The highest BCUT2D eigenvalue weighted by atomic mass is 16.6. The lowest BCUT2D eigenvalue weighted by molar-refractivity contribution is -0.384. The van der Waals surface area contributed by atoms with E-state index in [9.17, 15) is 20.0 Å². The van der Waals surface area contributed by atoms with E-state index in [1.165, 1.54) is 29.7 Å². The van der Waals surface area contributed by atoms with Gasteiger partial charge in [0.2, 0.25) is 0 Å². The van der Waals surface area contributed by atoms with Crippen LogP contribution in [0.3, 0.4) is 0 Å². The second-order valence-corrected chi connectivity index (χ2v) is 3.74. The van der Waals surface area contributed by atoms with Gasteiger partial charge in [-0.25, -0.2) is 4.79 Å². The fourth-order valence-electron chi connectivity index (χ4n) is 1.60. The molecule has 1 aromatic heterocycles. The summed E-state index contributed by atoms with van der Waals surface area (Å²) in [5.74, 6) is -0.638. The maximum absolute atomic E-state index is 11.5. The Morgan fingerprint density at radius 3 is 2.88 bits per heavy atom. The van der Waals surface area contributed by atoms with Crippen LogP contribution in [0.4, 0.5) is 5.69 Å². The van der Waals surface area contributed by atoms with Gasteiger partial charge in [-0.05, 0) is 13.0 Å². The Morgan fingerprint density at radius 1 is 1.59 bits per heavy atom. The summed E-state index contributed by atoms with van der Waals surface area (Å²) in [6.07, 6.45) is -0.743. The zero-order valence-corrected chi connectivity index (χ0v) is 8.99. The average molecular weight is 238 g/mol. The number of non-ortho nitro benzene ring substituents is 1. The number of rotatable bonds is 3. The molecule has 0 aliphatic heterocycles. The predicted molar refractivity (Wildman–Crippen MR) is 58.8 cm³/mol. The fraction of sp³-hybridized carbons (Fsp3) is 0.300. The van der Waals surface area contributed by atoms with Gasteiger partial charge in [0.05, 0.1) is 23.1 Å². The van der Waals surface area contributed by atoms with E-state index < -0.39 is 16.8 Å². The summed E-state index contributed by atoms with van der Waals surface area (Å²) in [4.78, 5) is 21.5. The number of aliphatic hydroxyl groups is 1. The Balaban J connectivity index is 2.65. The number of nitrogens with zero attached hydrogens (tertiary/aromatic N) is 2. The normalized spacial score (nSPS) is 12.8. The molecule has 7 nitrogen and oxygen atoms in total. The Hall–Kier alpha value is -2.15. The predicted octanol–water partition coefficient (Wildman–Crippen LogP) is 0.883. The van der Waals surface area contributed by atoms with Crippen LogP contribution in [-0.2, 0) is 6.54 Å². The third kappa shape index (κ3) is 2.04. The minimum atomic E-state index is -0.743. The molecular formula is C10H10N2O5. The zero-order valence-electron chi connectivity index (χ0n) is 8.99. The highest BCUT2D eigenvalue weighted by Crippen LogP contribution is 2.20. The molecule has 0 saturated carbocycles.